The van der Waals surface area contributed by atoms with Gasteiger partial charge in [0.05, 0.1) is 24.4 Å². The number of fused-ring (bicyclic) bond motifs is 3. The van der Waals surface area contributed by atoms with Crippen molar-refractivity contribution in [1.29, 1.82) is 0 Å². The summed E-state index contributed by atoms with van der Waals surface area (Å²) in [6.07, 6.45) is 0.968. The third-order valence-corrected chi connectivity index (χ3v) is 5.31. The van der Waals surface area contributed by atoms with Crippen molar-refractivity contribution in [3.63, 3.8) is 0 Å². The number of aromatic nitrogens is 3. The number of nitrogens with two attached hydrogens (primary N) is 1. The summed E-state index contributed by atoms with van der Waals surface area (Å²) in [7, 11) is 0. The summed E-state index contributed by atoms with van der Waals surface area (Å²) in [5.74, 6) is 2.06. The first-order valence-corrected chi connectivity index (χ1v) is 10.9. The number of benzene rings is 2. The van der Waals surface area contributed by atoms with E-state index in [1.54, 1.807) is 0 Å². The Labute approximate surface area is 187 Å². The molecule has 0 radical (unpaired) electrons. The number of carbonyl (C=O) groups is 1. The molecule has 1 amide bonds. The number of hydrogen-bond acceptors (Lipinski definition) is 6. The largest absolute Gasteiger partial charge is 0.494 e. The van der Waals surface area contributed by atoms with Crippen LogP contribution in [0.25, 0.3) is 5.69 Å². The standard InChI is InChI=1S/C24H28N6O2/c1-3-26-22(31)15-20-24-29-28-16(2)30(24)21-11-10-18(32-13-7-12-25)14-19(21)23(27-20)17-8-5-4-6-9-17/h4-6,8-11,14,20H,3,7,12-13,15,25H2,1-2H3,(H,26,31). The molecule has 1 unspecified atom stereocenters. The van der Waals surface area contributed by atoms with Gasteiger partial charge in [-0.15, -0.1) is 10.2 Å². The highest BCUT2D eigenvalue weighted by Gasteiger charge is 2.29. The zero-order valence-electron chi connectivity index (χ0n) is 18.4. The summed E-state index contributed by atoms with van der Waals surface area (Å²) >= 11 is 0. The highest BCUT2D eigenvalue weighted by molar-refractivity contribution is 6.15. The van der Waals surface area contributed by atoms with Crippen LogP contribution >= 0.6 is 0 Å². The number of nitrogens with one attached hydrogen (secondary N) is 1. The van der Waals surface area contributed by atoms with E-state index in [4.69, 9.17) is 15.5 Å². The van der Waals surface area contributed by atoms with Crippen molar-refractivity contribution in [2.45, 2.75) is 32.7 Å². The number of rotatable bonds is 8. The molecule has 8 heteroatoms. The molecule has 0 spiro atoms. The van der Waals surface area contributed by atoms with E-state index in [-0.39, 0.29) is 12.3 Å². The van der Waals surface area contributed by atoms with Gasteiger partial charge < -0.3 is 15.8 Å². The van der Waals surface area contributed by atoms with Gasteiger partial charge in [0, 0.05) is 17.7 Å². The number of ether oxygens (including phenoxy) is 1. The minimum Gasteiger partial charge on any atom is -0.494 e. The number of aliphatic imine (C=N–C) groups is 1. The normalized spacial score (nSPS) is 14.7. The van der Waals surface area contributed by atoms with Gasteiger partial charge in [0.1, 0.15) is 17.6 Å². The van der Waals surface area contributed by atoms with Gasteiger partial charge in [0.25, 0.3) is 0 Å². The molecule has 4 rings (SSSR count). The Morgan fingerprint density at radius 3 is 2.75 bits per heavy atom. The SMILES string of the molecule is CCNC(=O)CC1N=C(c2ccccc2)c2cc(OCCCN)ccc2-n2c(C)nnc21. The molecular formula is C24H28N6O2. The van der Waals surface area contributed by atoms with Gasteiger partial charge in [-0.2, -0.15) is 0 Å². The van der Waals surface area contributed by atoms with Crippen LogP contribution in [0.4, 0.5) is 0 Å². The summed E-state index contributed by atoms with van der Waals surface area (Å²) in [5, 5.41) is 11.6. The Kier molecular flexibility index (Phi) is 6.61. The van der Waals surface area contributed by atoms with Crippen LogP contribution in [0.2, 0.25) is 0 Å². The Morgan fingerprint density at radius 2 is 2.00 bits per heavy atom. The average Bonchev–Trinajstić information content (AvgIpc) is 3.12. The van der Waals surface area contributed by atoms with E-state index in [1.165, 1.54) is 0 Å². The molecule has 166 valence electrons. The van der Waals surface area contributed by atoms with Crippen molar-refractivity contribution in [2.24, 2.45) is 10.7 Å². The molecule has 2 aromatic carbocycles. The minimum absolute atomic E-state index is 0.0716. The molecule has 0 bridgehead atoms. The highest BCUT2D eigenvalue weighted by Crippen LogP contribution is 2.34. The van der Waals surface area contributed by atoms with Crippen LogP contribution in [0.5, 0.6) is 5.75 Å². The van der Waals surface area contributed by atoms with Crippen LogP contribution in [-0.2, 0) is 4.79 Å². The van der Waals surface area contributed by atoms with E-state index in [0.717, 1.165) is 40.5 Å². The van der Waals surface area contributed by atoms with E-state index in [1.807, 2.05) is 66.9 Å². The number of aryl methyl sites for hydroxylation is 1. The van der Waals surface area contributed by atoms with Crippen molar-refractivity contribution in [1.82, 2.24) is 20.1 Å². The Balaban J connectivity index is 1.88. The molecule has 3 aromatic rings. The Hall–Kier alpha value is -3.52. The van der Waals surface area contributed by atoms with Gasteiger partial charge in [-0.25, -0.2) is 0 Å². The van der Waals surface area contributed by atoms with Crippen molar-refractivity contribution >= 4 is 11.6 Å². The maximum absolute atomic E-state index is 12.5. The monoisotopic (exact) mass is 432 g/mol. The molecule has 1 atom stereocenters. The Morgan fingerprint density at radius 1 is 1.19 bits per heavy atom. The van der Waals surface area contributed by atoms with Crippen molar-refractivity contribution in [3.8, 4) is 11.4 Å². The third-order valence-electron chi connectivity index (χ3n) is 5.31. The lowest BCUT2D eigenvalue weighted by molar-refractivity contribution is -0.121. The summed E-state index contributed by atoms with van der Waals surface area (Å²) in [4.78, 5) is 17.5. The van der Waals surface area contributed by atoms with Crippen LogP contribution in [0.15, 0.2) is 53.5 Å². The minimum atomic E-state index is -0.466. The van der Waals surface area contributed by atoms with Gasteiger partial charge in [0.15, 0.2) is 5.82 Å². The molecule has 2 heterocycles. The van der Waals surface area contributed by atoms with Crippen molar-refractivity contribution < 1.29 is 9.53 Å². The topological polar surface area (TPSA) is 107 Å². The van der Waals surface area contributed by atoms with Crippen LogP contribution < -0.4 is 15.8 Å². The molecule has 0 fully saturated rings. The Bertz CT molecular complexity index is 1120. The molecular weight excluding hydrogens is 404 g/mol. The van der Waals surface area contributed by atoms with E-state index in [9.17, 15) is 4.79 Å². The van der Waals surface area contributed by atoms with Crippen molar-refractivity contribution in [3.05, 3.63) is 71.3 Å². The molecule has 0 saturated heterocycles. The smallest absolute Gasteiger partial charge is 0.222 e. The number of amides is 1. The van der Waals surface area contributed by atoms with Crippen LogP contribution in [0.3, 0.4) is 0 Å². The van der Waals surface area contributed by atoms with E-state index < -0.39 is 6.04 Å². The van der Waals surface area contributed by atoms with Gasteiger partial charge in [0.2, 0.25) is 5.91 Å². The number of carbonyl (C=O) groups excluding carboxylic acids is 1. The van der Waals surface area contributed by atoms with Crippen molar-refractivity contribution in [2.75, 3.05) is 19.7 Å². The molecule has 32 heavy (non-hydrogen) atoms. The summed E-state index contributed by atoms with van der Waals surface area (Å²) in [6, 6.07) is 15.4. The van der Waals surface area contributed by atoms with E-state index in [0.29, 0.717) is 25.5 Å². The molecule has 1 aromatic heterocycles. The zero-order valence-corrected chi connectivity index (χ0v) is 18.4. The fourth-order valence-corrected chi connectivity index (χ4v) is 3.85. The molecule has 8 nitrogen and oxygen atoms in total. The van der Waals surface area contributed by atoms with Crippen LogP contribution in [0.1, 0.15) is 48.6 Å². The second kappa shape index (κ2) is 9.74. The average molecular weight is 433 g/mol. The fraction of sp³-hybridized carbons (Fsp3) is 0.333. The summed E-state index contributed by atoms with van der Waals surface area (Å²) in [5.41, 5.74) is 9.18. The molecule has 0 aliphatic carbocycles. The lowest BCUT2D eigenvalue weighted by Crippen LogP contribution is -2.25. The predicted molar refractivity (Wildman–Crippen MR) is 123 cm³/mol. The fourth-order valence-electron chi connectivity index (χ4n) is 3.85. The van der Waals surface area contributed by atoms with Crippen LogP contribution in [-0.4, -0.2) is 46.1 Å². The lowest BCUT2D eigenvalue weighted by Gasteiger charge is -2.15. The molecule has 1 aliphatic rings. The maximum atomic E-state index is 12.5. The predicted octanol–water partition coefficient (Wildman–Crippen LogP) is 2.72. The maximum Gasteiger partial charge on any atom is 0.222 e. The first-order valence-electron chi connectivity index (χ1n) is 10.9. The molecule has 3 N–H and O–H groups in total. The van der Waals surface area contributed by atoms with Gasteiger partial charge in [-0.1, -0.05) is 30.3 Å². The number of hydrogen-bond donors (Lipinski definition) is 2. The van der Waals surface area contributed by atoms with E-state index in [2.05, 4.69) is 15.5 Å². The first-order chi connectivity index (χ1) is 15.6. The quantitative estimate of drug-likeness (QED) is 0.532. The number of nitrogens with zero attached hydrogens (tertiary/aromatic N) is 4. The third kappa shape index (κ3) is 4.40. The molecule has 1 aliphatic heterocycles. The van der Waals surface area contributed by atoms with Gasteiger partial charge in [-0.05, 0) is 45.0 Å². The van der Waals surface area contributed by atoms with Gasteiger partial charge in [-0.3, -0.25) is 14.4 Å². The highest BCUT2D eigenvalue weighted by atomic mass is 16.5. The zero-order chi connectivity index (χ0) is 22.5. The molecule has 0 saturated carbocycles. The second-order valence-corrected chi connectivity index (χ2v) is 7.63. The summed E-state index contributed by atoms with van der Waals surface area (Å²) < 4.78 is 7.91. The lowest BCUT2D eigenvalue weighted by atomic mass is 10.00. The van der Waals surface area contributed by atoms with Gasteiger partial charge >= 0.3 is 0 Å². The van der Waals surface area contributed by atoms with E-state index >= 15 is 0 Å². The first kappa shape index (κ1) is 21.7. The second-order valence-electron chi connectivity index (χ2n) is 7.63. The summed E-state index contributed by atoms with van der Waals surface area (Å²) in [6.45, 7) is 5.49. The van der Waals surface area contributed by atoms with Crippen LogP contribution in [0, 0.1) is 6.92 Å².